The zero-order valence-corrected chi connectivity index (χ0v) is 6.40. The molecule has 1 aromatic rings. The van der Waals surface area contributed by atoms with Gasteiger partial charge in [0.1, 0.15) is 0 Å². The van der Waals surface area contributed by atoms with Crippen LogP contribution in [-0.4, -0.2) is 22.2 Å². The molecule has 0 bridgehead atoms. The van der Waals surface area contributed by atoms with Gasteiger partial charge in [0, 0.05) is 12.2 Å². The molecule has 0 aliphatic carbocycles. The number of nitrogens with zero attached hydrogens (tertiary/aromatic N) is 1. The molecule has 0 fully saturated rings. The molecule has 0 aliphatic heterocycles. The van der Waals surface area contributed by atoms with Gasteiger partial charge in [-0.05, 0) is 6.26 Å². The highest BCUT2D eigenvalue weighted by molar-refractivity contribution is 7.98. The second-order valence-corrected chi connectivity index (χ2v) is 2.74. The molecule has 1 rings (SSSR count). The molecule has 0 aromatic carbocycles. The number of aromatic nitrogens is 2. The van der Waals surface area contributed by atoms with E-state index < -0.39 is 5.76 Å². The number of aromatic amines is 1. The predicted octanol–water partition coefficient (Wildman–Crippen LogP) is 0.268. The first-order valence-corrected chi connectivity index (χ1v) is 4.25. The highest BCUT2D eigenvalue weighted by Gasteiger charge is 1.98. The molecule has 10 heavy (non-hydrogen) atoms. The van der Waals surface area contributed by atoms with Crippen molar-refractivity contribution in [2.24, 2.45) is 0 Å². The summed E-state index contributed by atoms with van der Waals surface area (Å²) in [6.45, 7) is 0. The summed E-state index contributed by atoms with van der Waals surface area (Å²) in [6.07, 6.45) is 2.70. The number of aryl methyl sites for hydroxylation is 1. The van der Waals surface area contributed by atoms with Gasteiger partial charge >= 0.3 is 5.76 Å². The van der Waals surface area contributed by atoms with E-state index in [0.717, 1.165) is 5.75 Å². The topological polar surface area (TPSA) is 58.9 Å². The minimum absolute atomic E-state index is 0.476. The van der Waals surface area contributed by atoms with Crippen LogP contribution in [0.25, 0.3) is 0 Å². The Bertz CT molecular complexity index is 242. The summed E-state index contributed by atoms with van der Waals surface area (Å²) < 4.78 is 4.65. The summed E-state index contributed by atoms with van der Waals surface area (Å²) in [7, 11) is 0. The van der Waals surface area contributed by atoms with E-state index >= 15 is 0 Å². The first kappa shape index (κ1) is 7.40. The third-order valence-electron chi connectivity index (χ3n) is 1.00. The van der Waals surface area contributed by atoms with Crippen molar-refractivity contribution in [2.45, 2.75) is 6.42 Å². The number of hydrogen-bond donors (Lipinski definition) is 1. The van der Waals surface area contributed by atoms with Gasteiger partial charge in [-0.2, -0.15) is 11.8 Å². The van der Waals surface area contributed by atoms with Crippen LogP contribution >= 0.6 is 11.8 Å². The Morgan fingerprint density at radius 3 is 3.10 bits per heavy atom. The summed E-state index contributed by atoms with van der Waals surface area (Å²) in [5.74, 6) is 0.934. The molecular weight excluding hydrogens is 152 g/mol. The van der Waals surface area contributed by atoms with E-state index in [1.807, 2.05) is 6.26 Å². The predicted molar refractivity (Wildman–Crippen MR) is 39.2 cm³/mol. The van der Waals surface area contributed by atoms with Crippen LogP contribution < -0.4 is 5.76 Å². The lowest BCUT2D eigenvalue weighted by molar-refractivity contribution is 0.468. The molecule has 5 heteroatoms. The van der Waals surface area contributed by atoms with E-state index in [2.05, 4.69) is 14.6 Å². The van der Waals surface area contributed by atoms with E-state index in [9.17, 15) is 4.79 Å². The summed E-state index contributed by atoms with van der Waals surface area (Å²) in [5.41, 5.74) is 0. The molecule has 1 aromatic heterocycles. The third kappa shape index (κ3) is 1.91. The Balaban J connectivity index is 2.50. The van der Waals surface area contributed by atoms with Crippen molar-refractivity contribution < 1.29 is 4.42 Å². The van der Waals surface area contributed by atoms with Gasteiger partial charge in [-0.25, -0.2) is 9.89 Å². The quantitative estimate of drug-likeness (QED) is 0.689. The molecule has 0 atom stereocenters. The standard InChI is InChI=1S/C5H8N2O2S/c1-10-3-2-4-6-7-5(8)9-4/h2-3H2,1H3,(H,7,8). The van der Waals surface area contributed by atoms with Crippen LogP contribution in [0.2, 0.25) is 0 Å². The van der Waals surface area contributed by atoms with E-state index in [-0.39, 0.29) is 0 Å². The lowest BCUT2D eigenvalue weighted by atomic mass is 10.5. The van der Waals surface area contributed by atoms with Crippen molar-refractivity contribution in [1.29, 1.82) is 0 Å². The van der Waals surface area contributed by atoms with Gasteiger partial charge < -0.3 is 4.42 Å². The molecule has 0 radical (unpaired) electrons. The van der Waals surface area contributed by atoms with Gasteiger partial charge in [0.2, 0.25) is 5.89 Å². The Morgan fingerprint density at radius 2 is 2.60 bits per heavy atom. The Morgan fingerprint density at radius 1 is 1.80 bits per heavy atom. The molecule has 0 saturated heterocycles. The molecule has 1 N–H and O–H groups in total. The number of hydrogen-bond acceptors (Lipinski definition) is 4. The molecule has 0 unspecified atom stereocenters. The fourth-order valence-corrected chi connectivity index (χ4v) is 0.936. The van der Waals surface area contributed by atoms with Crippen LogP contribution in [0, 0.1) is 0 Å². The fraction of sp³-hybridized carbons (Fsp3) is 0.600. The first-order chi connectivity index (χ1) is 4.83. The molecule has 56 valence electrons. The van der Waals surface area contributed by atoms with Crippen LogP contribution in [0.15, 0.2) is 9.21 Å². The normalized spacial score (nSPS) is 10.1. The average molecular weight is 160 g/mol. The van der Waals surface area contributed by atoms with Crippen LogP contribution in [0.5, 0.6) is 0 Å². The number of thioether (sulfide) groups is 1. The smallest absolute Gasteiger partial charge is 0.392 e. The van der Waals surface area contributed by atoms with Crippen molar-refractivity contribution in [3.8, 4) is 0 Å². The number of rotatable bonds is 3. The minimum Gasteiger partial charge on any atom is -0.392 e. The Kier molecular flexibility index (Phi) is 2.56. The molecule has 4 nitrogen and oxygen atoms in total. The maximum atomic E-state index is 10.4. The van der Waals surface area contributed by atoms with Crippen molar-refractivity contribution in [3.63, 3.8) is 0 Å². The van der Waals surface area contributed by atoms with Crippen molar-refractivity contribution >= 4 is 11.8 Å². The van der Waals surface area contributed by atoms with Gasteiger partial charge in [-0.1, -0.05) is 0 Å². The second-order valence-electron chi connectivity index (χ2n) is 1.75. The summed E-state index contributed by atoms with van der Waals surface area (Å²) >= 11 is 1.69. The van der Waals surface area contributed by atoms with E-state index in [1.54, 1.807) is 11.8 Å². The fourth-order valence-electron chi connectivity index (χ4n) is 0.557. The average Bonchev–Trinajstić information content (AvgIpc) is 2.31. The van der Waals surface area contributed by atoms with Crippen LogP contribution in [0.4, 0.5) is 0 Å². The van der Waals surface area contributed by atoms with Crippen LogP contribution in [0.3, 0.4) is 0 Å². The molecule has 0 aliphatic rings. The Hall–Kier alpha value is -0.710. The molecule has 0 spiro atoms. The van der Waals surface area contributed by atoms with E-state index in [0.29, 0.717) is 12.3 Å². The second kappa shape index (κ2) is 3.46. The van der Waals surface area contributed by atoms with Crippen LogP contribution in [0.1, 0.15) is 5.89 Å². The molecule has 0 saturated carbocycles. The lowest BCUT2D eigenvalue weighted by Gasteiger charge is -1.87. The maximum absolute atomic E-state index is 10.4. The SMILES string of the molecule is CSCCc1n[nH]c(=O)o1. The monoisotopic (exact) mass is 160 g/mol. The lowest BCUT2D eigenvalue weighted by Crippen LogP contribution is -1.93. The molecule has 0 amide bonds. The van der Waals surface area contributed by atoms with Crippen molar-refractivity contribution in [3.05, 3.63) is 16.4 Å². The van der Waals surface area contributed by atoms with Gasteiger partial charge in [0.15, 0.2) is 0 Å². The summed E-state index contributed by atoms with van der Waals surface area (Å²) in [6, 6.07) is 0. The van der Waals surface area contributed by atoms with Gasteiger partial charge in [-0.3, -0.25) is 0 Å². The maximum Gasteiger partial charge on any atom is 0.434 e. The highest BCUT2D eigenvalue weighted by atomic mass is 32.2. The largest absolute Gasteiger partial charge is 0.434 e. The van der Waals surface area contributed by atoms with Crippen molar-refractivity contribution in [1.82, 2.24) is 10.2 Å². The van der Waals surface area contributed by atoms with Crippen LogP contribution in [-0.2, 0) is 6.42 Å². The zero-order chi connectivity index (χ0) is 7.40. The number of H-pyrrole nitrogens is 1. The molecular formula is C5H8N2O2S. The van der Waals surface area contributed by atoms with Gasteiger partial charge in [0.25, 0.3) is 0 Å². The Labute approximate surface area is 62.0 Å². The van der Waals surface area contributed by atoms with Crippen molar-refractivity contribution in [2.75, 3.05) is 12.0 Å². The zero-order valence-electron chi connectivity index (χ0n) is 5.59. The molecule has 1 heterocycles. The van der Waals surface area contributed by atoms with Gasteiger partial charge in [-0.15, -0.1) is 5.10 Å². The minimum atomic E-state index is -0.476. The summed E-state index contributed by atoms with van der Waals surface area (Å²) in [5, 5.41) is 5.83. The third-order valence-corrected chi connectivity index (χ3v) is 1.61. The first-order valence-electron chi connectivity index (χ1n) is 2.86. The number of nitrogens with one attached hydrogen (secondary N) is 1. The summed E-state index contributed by atoms with van der Waals surface area (Å²) in [4.78, 5) is 10.4. The van der Waals surface area contributed by atoms with Gasteiger partial charge in [0.05, 0.1) is 0 Å². The van der Waals surface area contributed by atoms with E-state index in [4.69, 9.17) is 0 Å². The van der Waals surface area contributed by atoms with E-state index in [1.165, 1.54) is 0 Å². The highest BCUT2D eigenvalue weighted by Crippen LogP contribution is 1.97.